The lowest BCUT2D eigenvalue weighted by Crippen LogP contribution is -2.22. The molecule has 2 N–H and O–H groups in total. The molecule has 4 nitrogen and oxygen atoms in total. The molecule has 0 saturated heterocycles. The van der Waals surface area contributed by atoms with E-state index in [9.17, 15) is 4.79 Å². The Morgan fingerprint density at radius 3 is 2.55 bits per heavy atom. The van der Waals surface area contributed by atoms with Gasteiger partial charge in [0.1, 0.15) is 6.34 Å². The molecule has 0 aromatic carbocycles. The molecule has 0 aliphatic rings. The Morgan fingerprint density at radius 2 is 2.18 bits per heavy atom. The molecule has 0 aromatic rings. The second kappa shape index (κ2) is 4.49. The first kappa shape index (κ1) is 9.68. The highest BCUT2D eigenvalue weighted by molar-refractivity contribution is 5.92. The van der Waals surface area contributed by atoms with Crippen LogP contribution in [0.25, 0.3) is 0 Å². The molecule has 0 atom stereocenters. The smallest absolute Gasteiger partial charge is 0.269 e. The van der Waals surface area contributed by atoms with E-state index in [0.29, 0.717) is 5.57 Å². The highest BCUT2D eigenvalue weighted by Gasteiger charge is 2.06. The Morgan fingerprint density at radius 1 is 1.64 bits per heavy atom. The van der Waals surface area contributed by atoms with Crippen molar-refractivity contribution >= 4 is 12.2 Å². The zero-order valence-corrected chi connectivity index (χ0v) is 7.03. The van der Waals surface area contributed by atoms with E-state index in [1.165, 1.54) is 5.01 Å². The number of amides is 1. The third kappa shape index (κ3) is 2.84. The number of hydrogen-bond donors (Lipinski definition) is 1. The molecule has 4 heteroatoms. The van der Waals surface area contributed by atoms with Crippen LogP contribution in [0.5, 0.6) is 0 Å². The maximum Gasteiger partial charge on any atom is 0.269 e. The lowest BCUT2D eigenvalue weighted by Gasteiger charge is -2.09. The molecule has 0 rings (SSSR count). The molecule has 0 saturated carbocycles. The van der Waals surface area contributed by atoms with Crippen LogP contribution >= 0.6 is 0 Å². The summed E-state index contributed by atoms with van der Waals surface area (Å²) in [5.74, 6) is -0.144. The van der Waals surface area contributed by atoms with Gasteiger partial charge < -0.3 is 5.73 Å². The summed E-state index contributed by atoms with van der Waals surface area (Å²) >= 11 is 0. The number of allylic oxidation sites excluding steroid dienone is 1. The fourth-order valence-electron chi connectivity index (χ4n) is 0.531. The molecular formula is C7H13N3O. The first-order valence-corrected chi connectivity index (χ1v) is 3.28. The van der Waals surface area contributed by atoms with Crippen LogP contribution in [0.15, 0.2) is 16.8 Å². The number of nitrogens with two attached hydrogens (primary N) is 1. The predicted molar refractivity (Wildman–Crippen MR) is 44.9 cm³/mol. The van der Waals surface area contributed by atoms with Crippen molar-refractivity contribution in [2.45, 2.75) is 13.8 Å². The largest absolute Gasteiger partial charge is 0.388 e. The van der Waals surface area contributed by atoms with Crippen LogP contribution in [0.3, 0.4) is 0 Å². The monoisotopic (exact) mass is 155 g/mol. The third-order valence-electron chi connectivity index (χ3n) is 1.30. The van der Waals surface area contributed by atoms with Crippen LogP contribution in [-0.4, -0.2) is 24.3 Å². The Bertz CT molecular complexity index is 196. The first-order valence-electron chi connectivity index (χ1n) is 3.28. The minimum Gasteiger partial charge on any atom is -0.388 e. The quantitative estimate of drug-likeness (QED) is 0.270. The van der Waals surface area contributed by atoms with Gasteiger partial charge in [-0.25, -0.2) is 5.01 Å². The molecule has 1 amide bonds. The van der Waals surface area contributed by atoms with Crippen molar-refractivity contribution in [1.29, 1.82) is 0 Å². The Kier molecular flexibility index (Phi) is 3.95. The predicted octanol–water partition coefficient (Wildman–Crippen LogP) is 0.313. The van der Waals surface area contributed by atoms with E-state index >= 15 is 0 Å². The molecule has 11 heavy (non-hydrogen) atoms. The molecule has 0 heterocycles. The average molecular weight is 155 g/mol. The van der Waals surface area contributed by atoms with E-state index in [2.05, 4.69) is 5.10 Å². The lowest BCUT2D eigenvalue weighted by molar-refractivity contribution is -0.125. The summed E-state index contributed by atoms with van der Waals surface area (Å²) < 4.78 is 0. The standard InChI is InChI=1S/C7H13N3O/c1-4-6(2)7(11)10(3)9-5-8/h4-5H,1-3H3,(H2,8,9)/b6-4-. The topological polar surface area (TPSA) is 58.7 Å². The molecule has 0 aliphatic carbocycles. The van der Waals surface area contributed by atoms with Crippen molar-refractivity contribution in [3.63, 3.8) is 0 Å². The van der Waals surface area contributed by atoms with E-state index in [4.69, 9.17) is 5.73 Å². The van der Waals surface area contributed by atoms with Gasteiger partial charge in [0.25, 0.3) is 5.91 Å². The van der Waals surface area contributed by atoms with Crippen molar-refractivity contribution < 1.29 is 4.79 Å². The number of carbonyl (C=O) groups excluding carboxylic acids is 1. The van der Waals surface area contributed by atoms with Crippen LogP contribution in [0.2, 0.25) is 0 Å². The van der Waals surface area contributed by atoms with E-state index in [0.717, 1.165) is 6.34 Å². The van der Waals surface area contributed by atoms with Crippen LogP contribution in [0.4, 0.5) is 0 Å². The molecule has 0 fully saturated rings. The number of likely N-dealkylation sites (N-methyl/N-ethyl adjacent to an activating group) is 1. The normalized spacial score (nSPS) is 12.1. The summed E-state index contributed by atoms with van der Waals surface area (Å²) in [5.41, 5.74) is 5.65. The highest BCUT2D eigenvalue weighted by atomic mass is 16.2. The molecule has 0 unspecified atom stereocenters. The molecule has 0 bridgehead atoms. The summed E-state index contributed by atoms with van der Waals surface area (Å²) in [6.45, 7) is 3.53. The van der Waals surface area contributed by atoms with Gasteiger partial charge in [0.05, 0.1) is 0 Å². The third-order valence-corrected chi connectivity index (χ3v) is 1.30. The summed E-state index contributed by atoms with van der Waals surface area (Å²) in [7, 11) is 1.55. The number of carbonyl (C=O) groups is 1. The lowest BCUT2D eigenvalue weighted by atomic mass is 10.3. The molecule has 0 aliphatic heterocycles. The second-order valence-electron chi connectivity index (χ2n) is 2.06. The molecular weight excluding hydrogens is 142 g/mol. The summed E-state index contributed by atoms with van der Waals surface area (Å²) in [6, 6.07) is 0. The van der Waals surface area contributed by atoms with E-state index < -0.39 is 0 Å². The van der Waals surface area contributed by atoms with Gasteiger partial charge >= 0.3 is 0 Å². The van der Waals surface area contributed by atoms with Gasteiger partial charge in [-0.1, -0.05) is 6.08 Å². The fraction of sp³-hybridized carbons (Fsp3) is 0.429. The van der Waals surface area contributed by atoms with Crippen LogP contribution in [-0.2, 0) is 4.79 Å². The van der Waals surface area contributed by atoms with Crippen LogP contribution in [0.1, 0.15) is 13.8 Å². The maximum atomic E-state index is 11.2. The van der Waals surface area contributed by atoms with Crippen LogP contribution in [0, 0.1) is 0 Å². The number of hydrazone groups is 1. The van der Waals surface area contributed by atoms with Crippen molar-refractivity contribution in [3.8, 4) is 0 Å². The minimum atomic E-state index is -0.144. The fourth-order valence-corrected chi connectivity index (χ4v) is 0.531. The van der Waals surface area contributed by atoms with Gasteiger partial charge in [-0.05, 0) is 13.8 Å². The second-order valence-corrected chi connectivity index (χ2v) is 2.06. The van der Waals surface area contributed by atoms with E-state index in [1.807, 2.05) is 0 Å². The van der Waals surface area contributed by atoms with Crippen molar-refractivity contribution in [2.24, 2.45) is 10.8 Å². The van der Waals surface area contributed by atoms with Gasteiger partial charge in [-0.15, -0.1) is 0 Å². The van der Waals surface area contributed by atoms with Gasteiger partial charge in [-0.3, -0.25) is 4.79 Å². The number of hydrogen-bond acceptors (Lipinski definition) is 2. The Labute approximate surface area is 66.4 Å². The summed E-state index contributed by atoms with van der Waals surface area (Å²) in [4.78, 5) is 11.2. The van der Waals surface area contributed by atoms with E-state index in [-0.39, 0.29) is 5.91 Å². The maximum absolute atomic E-state index is 11.2. The first-order chi connectivity index (χ1) is 5.13. The van der Waals surface area contributed by atoms with Gasteiger partial charge in [-0.2, -0.15) is 5.10 Å². The van der Waals surface area contributed by atoms with Crippen molar-refractivity contribution in [3.05, 3.63) is 11.6 Å². The molecule has 0 radical (unpaired) electrons. The Hall–Kier alpha value is -1.32. The Balaban J connectivity index is 4.25. The SMILES string of the molecule is C/C=C(/C)C(=O)N(C)/N=C\N. The molecule has 62 valence electrons. The zero-order chi connectivity index (χ0) is 8.85. The number of nitrogens with zero attached hydrogens (tertiary/aromatic N) is 2. The summed E-state index contributed by atoms with van der Waals surface area (Å²) in [6.07, 6.45) is 2.81. The van der Waals surface area contributed by atoms with Gasteiger partial charge in [0.2, 0.25) is 0 Å². The molecule has 0 spiro atoms. The van der Waals surface area contributed by atoms with E-state index in [1.54, 1.807) is 27.0 Å². The average Bonchev–Trinajstić information content (AvgIpc) is 2.02. The highest BCUT2D eigenvalue weighted by Crippen LogP contribution is 1.97. The minimum absolute atomic E-state index is 0.144. The zero-order valence-electron chi connectivity index (χ0n) is 7.03. The number of rotatable bonds is 2. The molecule has 0 aromatic heterocycles. The summed E-state index contributed by atoms with van der Waals surface area (Å²) in [5, 5.41) is 4.78. The van der Waals surface area contributed by atoms with Crippen LogP contribution < -0.4 is 5.73 Å². The van der Waals surface area contributed by atoms with Crippen molar-refractivity contribution in [1.82, 2.24) is 5.01 Å². The van der Waals surface area contributed by atoms with Gasteiger partial charge in [0.15, 0.2) is 0 Å². The van der Waals surface area contributed by atoms with Crippen molar-refractivity contribution in [2.75, 3.05) is 7.05 Å². The van der Waals surface area contributed by atoms with Gasteiger partial charge in [0, 0.05) is 12.6 Å².